The van der Waals surface area contributed by atoms with Gasteiger partial charge in [0.25, 0.3) is 0 Å². The van der Waals surface area contributed by atoms with Crippen LogP contribution in [0.2, 0.25) is 0 Å². The van der Waals surface area contributed by atoms with E-state index >= 15 is 0 Å². The molecule has 3 heterocycles. The van der Waals surface area contributed by atoms with E-state index in [1.165, 1.54) is 0 Å². The average Bonchev–Trinajstić information content (AvgIpc) is 3.12. The molecular formula is C17H18N7+. The third kappa shape index (κ3) is 3.70. The largest absolute Gasteiger partial charge is 0.358 e. The zero-order valence-electron chi connectivity index (χ0n) is 13.5. The molecule has 0 aliphatic heterocycles. The normalized spacial score (nSPS) is 12.9. The molecule has 120 valence electrons. The predicted molar refractivity (Wildman–Crippen MR) is 90.4 cm³/mol. The highest BCUT2D eigenvalue weighted by molar-refractivity contribution is 5.97. The quantitative estimate of drug-likeness (QED) is 0.253. The monoisotopic (exact) mass is 320 g/mol. The van der Waals surface area contributed by atoms with Gasteiger partial charge in [-0.15, -0.1) is 10.2 Å². The standard InChI is InChI=1S/C17H18N7/c1-23-12-5-3-9-15(23)19-21-17(14-8-7-11-18-14)22-20-16-10-4-6-13-24(16)2/h3-13,18H,1-2H3/q+1. The number of aromatic amines is 1. The molecule has 0 fully saturated rings. The molecule has 0 saturated heterocycles. The topological polar surface area (TPSA) is 74.0 Å². The van der Waals surface area contributed by atoms with Crippen LogP contribution in [-0.4, -0.2) is 15.4 Å². The van der Waals surface area contributed by atoms with Crippen LogP contribution in [0.4, 0.5) is 5.82 Å². The Morgan fingerprint density at radius 1 is 1.08 bits per heavy atom. The fourth-order valence-corrected chi connectivity index (χ4v) is 2.03. The summed E-state index contributed by atoms with van der Waals surface area (Å²) in [4.78, 5) is 3.08. The van der Waals surface area contributed by atoms with Gasteiger partial charge < -0.3 is 9.55 Å². The van der Waals surface area contributed by atoms with Crippen molar-refractivity contribution >= 4 is 11.7 Å². The van der Waals surface area contributed by atoms with Crippen LogP contribution in [0.3, 0.4) is 0 Å². The van der Waals surface area contributed by atoms with Crippen molar-refractivity contribution in [3.8, 4) is 0 Å². The summed E-state index contributed by atoms with van der Waals surface area (Å²) in [5, 5.41) is 17.1. The predicted octanol–water partition coefficient (Wildman–Crippen LogP) is 2.22. The molecule has 0 aliphatic rings. The average molecular weight is 320 g/mol. The number of nitrogens with one attached hydrogen (secondary N) is 1. The van der Waals surface area contributed by atoms with E-state index in [1.807, 2.05) is 90.4 Å². The van der Waals surface area contributed by atoms with Crippen LogP contribution < -0.4 is 10.1 Å². The van der Waals surface area contributed by atoms with E-state index < -0.39 is 0 Å². The van der Waals surface area contributed by atoms with Gasteiger partial charge in [0.05, 0.1) is 24.1 Å². The van der Waals surface area contributed by atoms with Crippen LogP contribution in [0.25, 0.3) is 0 Å². The zero-order valence-corrected chi connectivity index (χ0v) is 13.5. The molecule has 0 radical (unpaired) electrons. The van der Waals surface area contributed by atoms with Gasteiger partial charge in [0.2, 0.25) is 5.84 Å². The van der Waals surface area contributed by atoms with E-state index in [0.29, 0.717) is 5.84 Å². The first-order valence-corrected chi connectivity index (χ1v) is 7.47. The third-order valence-corrected chi connectivity index (χ3v) is 3.39. The number of azo groups is 1. The van der Waals surface area contributed by atoms with E-state index in [4.69, 9.17) is 0 Å². The van der Waals surface area contributed by atoms with Gasteiger partial charge >= 0.3 is 5.82 Å². The molecule has 3 aromatic heterocycles. The maximum atomic E-state index is 4.27. The number of amidine groups is 1. The van der Waals surface area contributed by atoms with E-state index in [0.717, 1.165) is 17.0 Å². The highest BCUT2D eigenvalue weighted by Gasteiger charge is 2.09. The van der Waals surface area contributed by atoms with Crippen molar-refractivity contribution in [2.75, 3.05) is 0 Å². The fraction of sp³-hybridized carbons (Fsp3) is 0.118. The maximum absolute atomic E-state index is 4.27. The van der Waals surface area contributed by atoms with E-state index in [2.05, 4.69) is 25.4 Å². The number of hydrogen-bond acceptors (Lipinski definition) is 3. The van der Waals surface area contributed by atoms with Gasteiger partial charge in [-0.2, -0.15) is 0 Å². The summed E-state index contributed by atoms with van der Waals surface area (Å²) in [6.45, 7) is 0. The summed E-state index contributed by atoms with van der Waals surface area (Å²) in [6.07, 6.45) is 5.63. The highest BCUT2D eigenvalue weighted by Crippen LogP contribution is 2.07. The van der Waals surface area contributed by atoms with Gasteiger partial charge in [0, 0.05) is 25.5 Å². The fourth-order valence-electron chi connectivity index (χ4n) is 2.03. The van der Waals surface area contributed by atoms with E-state index in [1.54, 1.807) is 0 Å². The van der Waals surface area contributed by atoms with Crippen LogP contribution >= 0.6 is 0 Å². The van der Waals surface area contributed by atoms with Crippen molar-refractivity contribution in [1.29, 1.82) is 0 Å². The molecule has 0 bridgehead atoms. The maximum Gasteiger partial charge on any atom is 0.350 e. The van der Waals surface area contributed by atoms with Gasteiger partial charge in [0.15, 0.2) is 5.49 Å². The minimum Gasteiger partial charge on any atom is -0.358 e. The Kier molecular flexibility index (Phi) is 4.71. The second-order valence-electron chi connectivity index (χ2n) is 5.15. The lowest BCUT2D eigenvalue weighted by atomic mass is 10.4. The van der Waals surface area contributed by atoms with E-state index in [-0.39, 0.29) is 0 Å². The van der Waals surface area contributed by atoms with Crippen molar-refractivity contribution in [2.45, 2.75) is 0 Å². The molecule has 0 aliphatic carbocycles. The Labute approximate surface area is 139 Å². The molecule has 0 amide bonds. The van der Waals surface area contributed by atoms with Crippen molar-refractivity contribution < 1.29 is 4.57 Å². The lowest BCUT2D eigenvalue weighted by Gasteiger charge is -1.96. The molecule has 0 spiro atoms. The Morgan fingerprint density at radius 3 is 2.71 bits per heavy atom. The van der Waals surface area contributed by atoms with Gasteiger partial charge in [-0.05, 0) is 35.4 Å². The highest BCUT2D eigenvalue weighted by atomic mass is 15.3. The SMILES string of the molecule is Cn1cccc/c1=N/N=C(\N=Nc1cccc[n+]1C)c1ccc[nH]1. The lowest BCUT2D eigenvalue weighted by molar-refractivity contribution is -0.658. The zero-order chi connectivity index (χ0) is 16.8. The van der Waals surface area contributed by atoms with Crippen LogP contribution in [0.5, 0.6) is 0 Å². The van der Waals surface area contributed by atoms with Crippen LogP contribution in [-0.2, 0) is 14.1 Å². The third-order valence-electron chi connectivity index (χ3n) is 3.39. The molecule has 0 atom stereocenters. The molecule has 3 rings (SSSR count). The van der Waals surface area contributed by atoms with Crippen molar-refractivity contribution in [3.63, 3.8) is 0 Å². The number of aromatic nitrogens is 3. The first-order valence-electron chi connectivity index (χ1n) is 7.47. The summed E-state index contributed by atoms with van der Waals surface area (Å²) >= 11 is 0. The van der Waals surface area contributed by atoms with Crippen molar-refractivity contribution in [2.24, 2.45) is 34.5 Å². The molecule has 7 heteroatoms. The van der Waals surface area contributed by atoms with Gasteiger partial charge in [-0.3, -0.25) is 0 Å². The van der Waals surface area contributed by atoms with Crippen LogP contribution in [0.1, 0.15) is 5.69 Å². The number of pyridine rings is 2. The summed E-state index contributed by atoms with van der Waals surface area (Å²) in [5.74, 6) is 1.13. The number of aryl methyl sites for hydroxylation is 2. The summed E-state index contributed by atoms with van der Waals surface area (Å²) in [7, 11) is 3.82. The summed E-state index contributed by atoms with van der Waals surface area (Å²) in [5.41, 5.74) is 1.47. The number of rotatable bonds is 3. The van der Waals surface area contributed by atoms with Gasteiger partial charge in [-0.25, -0.2) is 4.57 Å². The van der Waals surface area contributed by atoms with Crippen molar-refractivity contribution in [1.82, 2.24) is 9.55 Å². The molecule has 3 aromatic rings. The summed E-state index contributed by atoms with van der Waals surface area (Å²) < 4.78 is 3.76. The molecule has 0 saturated carbocycles. The second kappa shape index (κ2) is 7.28. The Morgan fingerprint density at radius 2 is 1.96 bits per heavy atom. The first-order chi connectivity index (χ1) is 11.7. The smallest absolute Gasteiger partial charge is 0.350 e. The summed E-state index contributed by atoms with van der Waals surface area (Å²) in [6, 6.07) is 15.2. The van der Waals surface area contributed by atoms with E-state index in [9.17, 15) is 0 Å². The molecule has 0 aromatic carbocycles. The number of hydrogen-bond donors (Lipinski definition) is 1. The second-order valence-corrected chi connectivity index (χ2v) is 5.15. The Hall–Kier alpha value is -3.35. The first kappa shape index (κ1) is 15.5. The molecule has 24 heavy (non-hydrogen) atoms. The number of H-pyrrole nitrogens is 1. The lowest BCUT2D eigenvalue weighted by Crippen LogP contribution is -2.26. The van der Waals surface area contributed by atoms with Crippen LogP contribution in [0.15, 0.2) is 87.6 Å². The molecular weight excluding hydrogens is 302 g/mol. The van der Waals surface area contributed by atoms with Crippen LogP contribution in [0, 0.1) is 0 Å². The number of nitrogens with zero attached hydrogens (tertiary/aromatic N) is 6. The molecule has 0 unspecified atom stereocenters. The van der Waals surface area contributed by atoms with Gasteiger partial charge in [0.1, 0.15) is 0 Å². The van der Waals surface area contributed by atoms with Gasteiger partial charge in [-0.1, -0.05) is 12.1 Å². The Bertz CT molecular complexity index is 933. The minimum atomic E-state index is 0.410. The Balaban J connectivity index is 1.99. The molecule has 1 N–H and O–H groups in total. The molecule has 7 nitrogen and oxygen atoms in total. The van der Waals surface area contributed by atoms with Crippen molar-refractivity contribution in [3.05, 3.63) is 78.3 Å². The minimum absolute atomic E-state index is 0.410.